The van der Waals surface area contributed by atoms with Gasteiger partial charge >= 0.3 is 0 Å². The lowest BCUT2D eigenvalue weighted by molar-refractivity contribution is -0.110. The highest BCUT2D eigenvalue weighted by Gasteiger charge is 2.27. The van der Waals surface area contributed by atoms with Gasteiger partial charge in [-0.25, -0.2) is 4.99 Å². The van der Waals surface area contributed by atoms with Crippen molar-refractivity contribution in [2.75, 3.05) is 5.32 Å². The Morgan fingerprint density at radius 2 is 1.90 bits per heavy atom. The lowest BCUT2D eigenvalue weighted by atomic mass is 10.1. The Balaban J connectivity index is 2.14. The van der Waals surface area contributed by atoms with Crippen LogP contribution in [0, 0.1) is 13.8 Å². The summed E-state index contributed by atoms with van der Waals surface area (Å²) < 4.78 is 1.01. The summed E-state index contributed by atoms with van der Waals surface area (Å²) in [7, 11) is 0. The first-order valence-electron chi connectivity index (χ1n) is 6.32. The van der Waals surface area contributed by atoms with Crippen LogP contribution in [0.3, 0.4) is 0 Å². The van der Waals surface area contributed by atoms with Crippen LogP contribution in [0.2, 0.25) is 0 Å². The van der Waals surface area contributed by atoms with E-state index in [0.29, 0.717) is 5.71 Å². The number of nitrogens with one attached hydrogen (secondary N) is 1. The fourth-order valence-corrected chi connectivity index (χ4v) is 2.78. The SMILES string of the molecule is Cc1cc(Br)ccc1N=C1C(=O)Nc2c(C)cccc21. The van der Waals surface area contributed by atoms with Gasteiger partial charge in [0.2, 0.25) is 0 Å². The van der Waals surface area contributed by atoms with Gasteiger partial charge in [0, 0.05) is 10.0 Å². The molecule has 0 radical (unpaired) electrons. The minimum Gasteiger partial charge on any atom is -0.320 e. The van der Waals surface area contributed by atoms with Crippen molar-refractivity contribution in [3.8, 4) is 0 Å². The number of nitrogens with zero attached hydrogens (tertiary/aromatic N) is 1. The average molecular weight is 329 g/mol. The van der Waals surface area contributed by atoms with E-state index in [1.807, 2.05) is 50.2 Å². The third kappa shape index (κ3) is 2.16. The molecular formula is C16H13BrN2O. The van der Waals surface area contributed by atoms with Gasteiger partial charge in [-0.1, -0.05) is 34.1 Å². The molecule has 1 aliphatic heterocycles. The molecular weight excluding hydrogens is 316 g/mol. The van der Waals surface area contributed by atoms with Crippen molar-refractivity contribution in [3.63, 3.8) is 0 Å². The number of aliphatic imine (C=N–C) groups is 1. The van der Waals surface area contributed by atoms with E-state index in [0.717, 1.165) is 32.5 Å². The lowest BCUT2D eigenvalue weighted by Crippen LogP contribution is -2.14. The first-order chi connectivity index (χ1) is 9.56. The van der Waals surface area contributed by atoms with Crippen molar-refractivity contribution >= 4 is 38.9 Å². The molecule has 1 N–H and O–H groups in total. The van der Waals surface area contributed by atoms with Crippen LogP contribution >= 0.6 is 15.9 Å². The van der Waals surface area contributed by atoms with Gasteiger partial charge in [-0.15, -0.1) is 0 Å². The van der Waals surface area contributed by atoms with Crippen molar-refractivity contribution in [2.45, 2.75) is 13.8 Å². The minimum atomic E-state index is -0.142. The van der Waals surface area contributed by atoms with E-state index in [9.17, 15) is 4.79 Å². The predicted molar refractivity (Wildman–Crippen MR) is 84.9 cm³/mol. The van der Waals surface area contributed by atoms with Crippen molar-refractivity contribution < 1.29 is 4.79 Å². The summed E-state index contributed by atoms with van der Waals surface area (Å²) in [5.74, 6) is -0.142. The number of carbonyl (C=O) groups is 1. The van der Waals surface area contributed by atoms with Gasteiger partial charge in [0.1, 0.15) is 5.71 Å². The topological polar surface area (TPSA) is 41.5 Å². The number of carbonyl (C=O) groups excluding carboxylic acids is 1. The van der Waals surface area contributed by atoms with Gasteiger partial charge in [-0.3, -0.25) is 4.79 Å². The smallest absolute Gasteiger partial charge is 0.275 e. The first-order valence-corrected chi connectivity index (χ1v) is 7.12. The van der Waals surface area contributed by atoms with Crippen LogP contribution < -0.4 is 5.32 Å². The van der Waals surface area contributed by atoms with Crippen molar-refractivity contribution in [3.05, 3.63) is 57.6 Å². The van der Waals surface area contributed by atoms with Crippen LogP contribution in [0.5, 0.6) is 0 Å². The Morgan fingerprint density at radius 3 is 2.65 bits per heavy atom. The Labute approximate surface area is 125 Å². The van der Waals surface area contributed by atoms with E-state index in [2.05, 4.69) is 26.2 Å². The zero-order valence-electron chi connectivity index (χ0n) is 11.2. The summed E-state index contributed by atoms with van der Waals surface area (Å²) in [4.78, 5) is 16.7. The summed E-state index contributed by atoms with van der Waals surface area (Å²) >= 11 is 3.43. The van der Waals surface area contributed by atoms with Crippen molar-refractivity contribution in [2.24, 2.45) is 4.99 Å². The Kier molecular flexibility index (Phi) is 3.18. The summed E-state index contributed by atoms with van der Waals surface area (Å²) in [5.41, 5.74) is 5.11. The molecule has 100 valence electrons. The highest BCUT2D eigenvalue weighted by molar-refractivity contribution is 9.10. The third-order valence-electron chi connectivity index (χ3n) is 3.37. The number of benzene rings is 2. The highest BCUT2D eigenvalue weighted by Crippen LogP contribution is 2.30. The van der Waals surface area contributed by atoms with E-state index in [-0.39, 0.29) is 5.91 Å². The predicted octanol–water partition coefficient (Wildman–Crippen LogP) is 4.14. The lowest BCUT2D eigenvalue weighted by Gasteiger charge is -2.03. The van der Waals surface area contributed by atoms with Gasteiger partial charge in [0.25, 0.3) is 5.91 Å². The molecule has 0 fully saturated rings. The van der Waals surface area contributed by atoms with E-state index in [4.69, 9.17) is 0 Å². The van der Waals surface area contributed by atoms with Crippen molar-refractivity contribution in [1.29, 1.82) is 0 Å². The Morgan fingerprint density at radius 1 is 1.10 bits per heavy atom. The molecule has 0 saturated carbocycles. The number of hydrogen-bond donors (Lipinski definition) is 1. The second-order valence-electron chi connectivity index (χ2n) is 4.84. The zero-order valence-corrected chi connectivity index (χ0v) is 12.8. The molecule has 3 nitrogen and oxygen atoms in total. The molecule has 0 unspecified atom stereocenters. The summed E-state index contributed by atoms with van der Waals surface area (Å²) in [5, 5.41) is 2.89. The number of para-hydroxylation sites is 1. The fourth-order valence-electron chi connectivity index (χ4n) is 2.30. The largest absolute Gasteiger partial charge is 0.320 e. The highest BCUT2D eigenvalue weighted by atomic mass is 79.9. The minimum absolute atomic E-state index is 0.142. The van der Waals surface area contributed by atoms with Gasteiger partial charge in [-0.2, -0.15) is 0 Å². The molecule has 0 spiro atoms. The number of aryl methyl sites for hydroxylation is 2. The van der Waals surface area contributed by atoms with E-state index >= 15 is 0 Å². The van der Waals surface area contributed by atoms with Gasteiger partial charge < -0.3 is 5.32 Å². The van der Waals surface area contributed by atoms with Crippen molar-refractivity contribution in [1.82, 2.24) is 0 Å². The normalized spacial score (nSPS) is 15.3. The summed E-state index contributed by atoms with van der Waals surface area (Å²) in [6.07, 6.45) is 0. The van der Waals surface area contributed by atoms with Crippen LogP contribution in [0.4, 0.5) is 11.4 Å². The maximum Gasteiger partial charge on any atom is 0.275 e. The number of hydrogen-bond acceptors (Lipinski definition) is 2. The summed E-state index contributed by atoms with van der Waals surface area (Å²) in [6, 6.07) is 11.7. The average Bonchev–Trinajstić information content (AvgIpc) is 2.71. The Bertz CT molecular complexity index is 750. The van der Waals surface area contributed by atoms with Crippen LogP contribution in [-0.4, -0.2) is 11.6 Å². The Hall–Kier alpha value is -1.94. The maximum atomic E-state index is 12.1. The number of fused-ring (bicyclic) bond motifs is 1. The molecule has 0 bridgehead atoms. The van der Waals surface area contributed by atoms with E-state index in [1.54, 1.807) is 0 Å². The summed E-state index contributed by atoms with van der Waals surface area (Å²) in [6.45, 7) is 3.96. The monoisotopic (exact) mass is 328 g/mol. The molecule has 2 aromatic carbocycles. The quantitative estimate of drug-likeness (QED) is 0.839. The van der Waals surface area contributed by atoms with E-state index in [1.165, 1.54) is 0 Å². The maximum absolute atomic E-state index is 12.1. The molecule has 4 heteroatoms. The molecule has 3 rings (SSSR count). The number of halogens is 1. The molecule has 0 atom stereocenters. The van der Waals surface area contributed by atoms with Crippen LogP contribution in [-0.2, 0) is 4.79 Å². The van der Waals surface area contributed by atoms with Crippen LogP contribution in [0.15, 0.2) is 45.9 Å². The number of rotatable bonds is 1. The zero-order chi connectivity index (χ0) is 14.3. The standard InChI is InChI=1S/C16H13BrN2O/c1-9-4-3-5-12-14(9)19-16(20)15(12)18-13-7-6-11(17)8-10(13)2/h3-8H,1-2H3,(H,18,19,20). The van der Waals surface area contributed by atoms with Gasteiger partial charge in [0.15, 0.2) is 0 Å². The third-order valence-corrected chi connectivity index (χ3v) is 3.87. The van der Waals surface area contributed by atoms with Crippen LogP contribution in [0.25, 0.3) is 0 Å². The second kappa shape index (κ2) is 4.87. The first kappa shape index (κ1) is 13.1. The molecule has 1 amide bonds. The number of amides is 1. The number of anilines is 1. The van der Waals surface area contributed by atoms with Gasteiger partial charge in [0.05, 0.1) is 11.4 Å². The van der Waals surface area contributed by atoms with Gasteiger partial charge in [-0.05, 0) is 43.2 Å². The van der Waals surface area contributed by atoms with E-state index < -0.39 is 0 Å². The fraction of sp³-hybridized carbons (Fsp3) is 0.125. The van der Waals surface area contributed by atoms with Crippen LogP contribution in [0.1, 0.15) is 16.7 Å². The molecule has 0 saturated heterocycles. The second-order valence-corrected chi connectivity index (χ2v) is 5.76. The molecule has 2 aromatic rings. The molecule has 0 aromatic heterocycles. The molecule has 1 aliphatic rings. The molecule has 20 heavy (non-hydrogen) atoms. The molecule has 1 heterocycles. The molecule has 0 aliphatic carbocycles.